The number of rotatable bonds is 4. The first-order valence-electron chi connectivity index (χ1n) is 9.61. The van der Waals surface area contributed by atoms with Crippen LogP contribution >= 0.6 is 11.3 Å². The highest BCUT2D eigenvalue weighted by Gasteiger charge is 2.24. The fourth-order valence-corrected chi connectivity index (χ4v) is 4.60. The van der Waals surface area contributed by atoms with E-state index in [1.807, 2.05) is 54.6 Å². The summed E-state index contributed by atoms with van der Waals surface area (Å²) in [7, 11) is 1.62. The number of methoxy groups -OCH3 is 1. The zero-order chi connectivity index (χ0) is 21.4. The highest BCUT2D eigenvalue weighted by Crippen LogP contribution is 2.44. The SMILES string of the molecule is COc1ccc(-c2nc(-c3ccccc3)c(-c3c(O)c4ccccc4oc3=O)s2)cc1. The summed E-state index contributed by atoms with van der Waals surface area (Å²) in [5.41, 5.74) is 2.22. The number of hydrogen-bond donors (Lipinski definition) is 1. The molecule has 3 aromatic carbocycles. The molecule has 0 saturated carbocycles. The number of nitrogens with zero attached hydrogens (tertiary/aromatic N) is 1. The Balaban J connectivity index is 1.77. The van der Waals surface area contributed by atoms with Gasteiger partial charge in [-0.2, -0.15) is 0 Å². The Labute approximate surface area is 181 Å². The van der Waals surface area contributed by atoms with Crippen molar-refractivity contribution >= 4 is 22.3 Å². The Morgan fingerprint density at radius 3 is 2.35 bits per heavy atom. The van der Waals surface area contributed by atoms with Gasteiger partial charge in [0.05, 0.1) is 23.1 Å². The molecule has 0 fully saturated rings. The van der Waals surface area contributed by atoms with Crippen molar-refractivity contribution in [3.63, 3.8) is 0 Å². The molecule has 6 heteroatoms. The summed E-state index contributed by atoms with van der Waals surface area (Å²) in [6.07, 6.45) is 0. The minimum Gasteiger partial charge on any atom is -0.506 e. The molecule has 0 bridgehead atoms. The van der Waals surface area contributed by atoms with Gasteiger partial charge in [-0.1, -0.05) is 42.5 Å². The average molecular weight is 427 g/mol. The van der Waals surface area contributed by atoms with Crippen molar-refractivity contribution < 1.29 is 14.3 Å². The Morgan fingerprint density at radius 1 is 0.903 bits per heavy atom. The van der Waals surface area contributed by atoms with Crippen LogP contribution < -0.4 is 10.4 Å². The van der Waals surface area contributed by atoms with E-state index in [0.717, 1.165) is 21.9 Å². The molecule has 0 amide bonds. The Kier molecular flexibility index (Phi) is 4.76. The number of para-hydroxylation sites is 1. The van der Waals surface area contributed by atoms with Gasteiger partial charge in [0.25, 0.3) is 0 Å². The monoisotopic (exact) mass is 427 g/mol. The minimum atomic E-state index is -0.599. The normalized spacial score (nSPS) is 11.0. The van der Waals surface area contributed by atoms with Crippen LogP contribution in [0.1, 0.15) is 0 Å². The predicted octanol–water partition coefficient (Wildman–Crippen LogP) is 5.96. The lowest BCUT2D eigenvalue weighted by molar-refractivity contribution is 0.415. The van der Waals surface area contributed by atoms with Gasteiger partial charge >= 0.3 is 5.63 Å². The van der Waals surface area contributed by atoms with Crippen molar-refractivity contribution in [2.45, 2.75) is 0 Å². The second-order valence-corrected chi connectivity index (χ2v) is 7.90. The fraction of sp³-hybridized carbons (Fsp3) is 0.0400. The predicted molar refractivity (Wildman–Crippen MR) is 123 cm³/mol. The Bertz CT molecular complexity index is 1440. The van der Waals surface area contributed by atoms with Crippen molar-refractivity contribution in [1.29, 1.82) is 0 Å². The topological polar surface area (TPSA) is 72.6 Å². The second kappa shape index (κ2) is 7.74. The van der Waals surface area contributed by atoms with E-state index in [9.17, 15) is 9.90 Å². The van der Waals surface area contributed by atoms with Gasteiger partial charge in [0.2, 0.25) is 0 Å². The third-order valence-corrected chi connectivity index (χ3v) is 6.15. The third-order valence-electron chi connectivity index (χ3n) is 5.02. The standard InChI is InChI=1S/C25H17NO4S/c1-29-17-13-11-16(12-14-17)24-26-21(15-7-3-2-4-8-15)23(31-24)20-22(27)18-9-5-6-10-19(18)30-25(20)28/h2-14,27H,1H3. The van der Waals surface area contributed by atoms with Crippen molar-refractivity contribution in [3.05, 3.63) is 89.3 Å². The van der Waals surface area contributed by atoms with Gasteiger partial charge in [-0.3, -0.25) is 0 Å². The minimum absolute atomic E-state index is 0.103. The number of ether oxygens (including phenoxy) is 1. The number of thiazole rings is 1. The van der Waals surface area contributed by atoms with Crippen LogP contribution in [0.3, 0.4) is 0 Å². The molecular weight excluding hydrogens is 410 g/mol. The van der Waals surface area contributed by atoms with E-state index in [4.69, 9.17) is 14.1 Å². The zero-order valence-electron chi connectivity index (χ0n) is 16.5. The summed E-state index contributed by atoms with van der Waals surface area (Å²) < 4.78 is 10.8. The van der Waals surface area contributed by atoms with E-state index in [1.54, 1.807) is 31.4 Å². The molecule has 0 spiro atoms. The third kappa shape index (κ3) is 3.37. The lowest BCUT2D eigenvalue weighted by Crippen LogP contribution is -2.03. The molecule has 1 N–H and O–H groups in total. The highest BCUT2D eigenvalue weighted by atomic mass is 32.1. The highest BCUT2D eigenvalue weighted by molar-refractivity contribution is 7.19. The van der Waals surface area contributed by atoms with Crippen molar-refractivity contribution in [2.75, 3.05) is 7.11 Å². The van der Waals surface area contributed by atoms with Gasteiger partial charge in [-0.15, -0.1) is 11.3 Å². The van der Waals surface area contributed by atoms with Crippen LogP contribution in [0.2, 0.25) is 0 Å². The van der Waals surface area contributed by atoms with Crippen LogP contribution in [0.4, 0.5) is 0 Å². The Morgan fingerprint density at radius 2 is 1.61 bits per heavy atom. The van der Waals surface area contributed by atoms with Crippen LogP contribution in [-0.2, 0) is 0 Å². The number of fused-ring (bicyclic) bond motifs is 1. The average Bonchev–Trinajstić information content (AvgIpc) is 3.25. The molecule has 0 radical (unpaired) electrons. The lowest BCUT2D eigenvalue weighted by atomic mass is 10.1. The molecular formula is C25H17NO4S. The molecule has 5 aromatic rings. The molecule has 0 aliphatic carbocycles. The summed E-state index contributed by atoms with van der Waals surface area (Å²) in [5.74, 6) is 0.644. The Hall–Kier alpha value is -3.90. The number of hydrogen-bond acceptors (Lipinski definition) is 6. The van der Waals surface area contributed by atoms with Crippen LogP contribution in [0.5, 0.6) is 11.5 Å². The van der Waals surface area contributed by atoms with E-state index in [-0.39, 0.29) is 11.3 Å². The quantitative estimate of drug-likeness (QED) is 0.358. The molecule has 5 rings (SSSR count). The van der Waals surface area contributed by atoms with E-state index < -0.39 is 5.63 Å². The number of benzene rings is 3. The van der Waals surface area contributed by atoms with Gasteiger partial charge in [0.15, 0.2) is 0 Å². The molecule has 31 heavy (non-hydrogen) atoms. The first-order chi connectivity index (χ1) is 15.2. The molecule has 0 unspecified atom stereocenters. The maximum Gasteiger partial charge on any atom is 0.348 e. The number of aromatic nitrogens is 1. The van der Waals surface area contributed by atoms with E-state index in [1.165, 1.54) is 11.3 Å². The largest absolute Gasteiger partial charge is 0.506 e. The summed E-state index contributed by atoms with van der Waals surface area (Å²) in [5, 5.41) is 12.2. The fourth-order valence-electron chi connectivity index (χ4n) is 3.47. The molecule has 0 saturated heterocycles. The van der Waals surface area contributed by atoms with E-state index in [2.05, 4.69) is 0 Å². The van der Waals surface area contributed by atoms with Crippen LogP contribution in [0.15, 0.2) is 88.1 Å². The van der Waals surface area contributed by atoms with Gasteiger partial charge in [0, 0.05) is 11.1 Å². The van der Waals surface area contributed by atoms with Gasteiger partial charge < -0.3 is 14.3 Å². The zero-order valence-corrected chi connectivity index (χ0v) is 17.3. The molecule has 2 heterocycles. The van der Waals surface area contributed by atoms with Crippen molar-refractivity contribution in [2.24, 2.45) is 0 Å². The molecule has 0 aliphatic rings. The van der Waals surface area contributed by atoms with Crippen molar-refractivity contribution in [3.8, 4) is 43.8 Å². The second-order valence-electron chi connectivity index (χ2n) is 6.90. The van der Waals surface area contributed by atoms with E-state index >= 15 is 0 Å². The van der Waals surface area contributed by atoms with Crippen LogP contribution in [0.25, 0.3) is 43.2 Å². The summed E-state index contributed by atoms with van der Waals surface area (Å²) in [6, 6.07) is 24.1. The molecule has 5 nitrogen and oxygen atoms in total. The molecule has 0 aliphatic heterocycles. The summed E-state index contributed by atoms with van der Waals surface area (Å²) in [6.45, 7) is 0. The van der Waals surface area contributed by atoms with Gasteiger partial charge in [-0.25, -0.2) is 9.78 Å². The van der Waals surface area contributed by atoms with Crippen LogP contribution in [0, 0.1) is 0 Å². The number of aromatic hydroxyl groups is 1. The van der Waals surface area contributed by atoms with Gasteiger partial charge in [-0.05, 0) is 36.4 Å². The molecule has 152 valence electrons. The van der Waals surface area contributed by atoms with Gasteiger partial charge in [0.1, 0.15) is 27.7 Å². The first kappa shape index (κ1) is 19.1. The summed E-state index contributed by atoms with van der Waals surface area (Å²) in [4.78, 5) is 18.3. The van der Waals surface area contributed by atoms with Crippen LogP contribution in [-0.4, -0.2) is 17.2 Å². The lowest BCUT2D eigenvalue weighted by Gasteiger charge is -2.06. The smallest absolute Gasteiger partial charge is 0.348 e. The maximum atomic E-state index is 12.9. The van der Waals surface area contributed by atoms with Crippen molar-refractivity contribution in [1.82, 2.24) is 4.98 Å². The maximum absolute atomic E-state index is 12.9. The van der Waals surface area contributed by atoms with E-state index in [0.29, 0.717) is 21.5 Å². The molecule has 0 atom stereocenters. The summed E-state index contributed by atoms with van der Waals surface area (Å²) >= 11 is 1.34. The molecule has 2 aromatic heterocycles. The first-order valence-corrected chi connectivity index (χ1v) is 10.4.